The Morgan fingerprint density at radius 1 is 1.36 bits per heavy atom. The van der Waals surface area contributed by atoms with Crippen LogP contribution in [0.25, 0.3) is 0 Å². The lowest BCUT2D eigenvalue weighted by Crippen LogP contribution is -2.41. The third-order valence-electron chi connectivity index (χ3n) is 3.75. The summed E-state index contributed by atoms with van der Waals surface area (Å²) >= 11 is 0. The first-order chi connectivity index (χ1) is 10.6. The van der Waals surface area contributed by atoms with Crippen molar-refractivity contribution in [3.63, 3.8) is 0 Å². The maximum Gasteiger partial charge on any atom is 0.308 e. The van der Waals surface area contributed by atoms with Crippen LogP contribution in [0.3, 0.4) is 0 Å². The van der Waals surface area contributed by atoms with E-state index in [0.29, 0.717) is 25.9 Å². The maximum atomic E-state index is 12.0. The van der Waals surface area contributed by atoms with Crippen molar-refractivity contribution in [2.45, 2.75) is 19.3 Å². The number of rotatable bonds is 5. The molecular weight excluding hydrogens is 288 g/mol. The summed E-state index contributed by atoms with van der Waals surface area (Å²) in [5.74, 6) is -0.456. The monoisotopic (exact) mass is 308 g/mol. The van der Waals surface area contributed by atoms with E-state index in [1.54, 1.807) is 17.0 Å². The number of carbonyl (C=O) groups is 3. The second kappa shape index (κ2) is 7.63. The Morgan fingerprint density at radius 3 is 2.68 bits per heavy atom. The summed E-state index contributed by atoms with van der Waals surface area (Å²) in [6.45, 7) is 1.35. The Bertz CT molecular complexity index is 518. The van der Waals surface area contributed by atoms with Crippen LogP contribution in [0.4, 0.5) is 0 Å². The number of carbonyl (C=O) groups excluding carboxylic acids is 3. The summed E-state index contributed by atoms with van der Waals surface area (Å²) in [5.41, 5.74) is 0. The van der Waals surface area contributed by atoms with Crippen LogP contribution < -0.4 is 5.32 Å². The van der Waals surface area contributed by atoms with Gasteiger partial charge >= 0.3 is 5.97 Å². The van der Waals surface area contributed by atoms with E-state index in [1.165, 1.54) is 13.4 Å². The van der Waals surface area contributed by atoms with E-state index in [1.807, 2.05) is 0 Å². The minimum Gasteiger partial charge on any atom is -0.469 e. The Morgan fingerprint density at radius 2 is 2.09 bits per heavy atom. The first-order valence-corrected chi connectivity index (χ1v) is 7.29. The number of nitrogens with one attached hydrogen (secondary N) is 1. The second-order valence-corrected chi connectivity index (χ2v) is 5.16. The summed E-state index contributed by atoms with van der Waals surface area (Å²) < 4.78 is 9.68. The van der Waals surface area contributed by atoms with Crippen molar-refractivity contribution < 1.29 is 23.5 Å². The van der Waals surface area contributed by atoms with E-state index >= 15 is 0 Å². The molecule has 0 spiro atoms. The van der Waals surface area contributed by atoms with Crippen molar-refractivity contribution in [2.75, 3.05) is 26.7 Å². The van der Waals surface area contributed by atoms with Crippen LogP contribution in [0, 0.1) is 5.92 Å². The van der Waals surface area contributed by atoms with Gasteiger partial charge in [-0.1, -0.05) is 0 Å². The fourth-order valence-corrected chi connectivity index (χ4v) is 2.47. The molecule has 1 aliphatic heterocycles. The highest BCUT2D eigenvalue weighted by atomic mass is 16.5. The molecule has 1 saturated heterocycles. The minimum absolute atomic E-state index is 0.0249. The molecule has 120 valence electrons. The fourth-order valence-electron chi connectivity index (χ4n) is 2.47. The van der Waals surface area contributed by atoms with Crippen LogP contribution >= 0.6 is 0 Å². The van der Waals surface area contributed by atoms with Crippen molar-refractivity contribution in [2.24, 2.45) is 5.92 Å². The molecule has 0 aromatic carbocycles. The first-order valence-electron chi connectivity index (χ1n) is 7.29. The number of likely N-dealkylation sites (tertiary alicyclic amines) is 1. The molecule has 7 nitrogen and oxygen atoms in total. The van der Waals surface area contributed by atoms with Gasteiger partial charge in [0.05, 0.1) is 19.3 Å². The topological polar surface area (TPSA) is 88.9 Å². The number of methoxy groups -OCH3 is 1. The first kappa shape index (κ1) is 16.1. The molecule has 1 aromatic rings. The lowest BCUT2D eigenvalue weighted by atomic mass is 9.97. The minimum atomic E-state index is -0.331. The molecule has 0 aliphatic carbocycles. The summed E-state index contributed by atoms with van der Waals surface area (Å²) in [4.78, 5) is 36.8. The highest BCUT2D eigenvalue weighted by Crippen LogP contribution is 2.18. The molecule has 22 heavy (non-hydrogen) atoms. The van der Waals surface area contributed by atoms with Gasteiger partial charge in [-0.15, -0.1) is 0 Å². The van der Waals surface area contributed by atoms with Crippen LogP contribution in [-0.2, 0) is 14.3 Å². The third kappa shape index (κ3) is 4.09. The number of nitrogens with zero attached hydrogens (tertiary/aromatic N) is 1. The molecule has 1 aliphatic rings. The van der Waals surface area contributed by atoms with Crippen LogP contribution in [0.5, 0.6) is 0 Å². The van der Waals surface area contributed by atoms with Gasteiger partial charge < -0.3 is 19.4 Å². The van der Waals surface area contributed by atoms with Gasteiger partial charge in [0.25, 0.3) is 5.91 Å². The van der Waals surface area contributed by atoms with Gasteiger partial charge in [-0.3, -0.25) is 14.4 Å². The van der Waals surface area contributed by atoms with Crippen molar-refractivity contribution in [1.29, 1.82) is 0 Å². The number of amides is 2. The molecule has 2 rings (SSSR count). The van der Waals surface area contributed by atoms with Crippen molar-refractivity contribution in [1.82, 2.24) is 10.2 Å². The summed E-state index contributed by atoms with van der Waals surface area (Å²) in [6.07, 6.45) is 2.90. The fraction of sp³-hybridized carbons (Fsp3) is 0.533. The lowest BCUT2D eigenvalue weighted by molar-refractivity contribution is -0.148. The standard InChI is InChI=1S/C15H20N2O5/c1-21-15(20)11-5-8-17(9-6-11)13(18)4-7-16-14(19)12-3-2-10-22-12/h2-3,10-11H,4-9H2,1H3,(H,16,19). The zero-order valence-electron chi connectivity index (χ0n) is 12.5. The summed E-state index contributed by atoms with van der Waals surface area (Å²) in [6, 6.07) is 3.19. The highest BCUT2D eigenvalue weighted by molar-refractivity contribution is 5.91. The van der Waals surface area contributed by atoms with Crippen LogP contribution in [0.15, 0.2) is 22.8 Å². The summed E-state index contributed by atoms with van der Waals surface area (Å²) in [5, 5.41) is 2.64. The van der Waals surface area contributed by atoms with E-state index in [9.17, 15) is 14.4 Å². The molecule has 2 heterocycles. The molecule has 1 fully saturated rings. The maximum absolute atomic E-state index is 12.0. The Labute approximate surface area is 128 Å². The molecule has 1 aromatic heterocycles. The number of ether oxygens (including phenoxy) is 1. The van der Waals surface area contributed by atoms with Crippen molar-refractivity contribution in [3.05, 3.63) is 24.2 Å². The molecule has 2 amide bonds. The van der Waals surface area contributed by atoms with Gasteiger partial charge in [-0.25, -0.2) is 0 Å². The van der Waals surface area contributed by atoms with Crippen molar-refractivity contribution >= 4 is 17.8 Å². The number of furan rings is 1. The molecule has 1 N–H and O–H groups in total. The van der Waals surface area contributed by atoms with E-state index in [4.69, 9.17) is 9.15 Å². The van der Waals surface area contributed by atoms with Gasteiger partial charge in [-0.2, -0.15) is 0 Å². The molecule has 0 unspecified atom stereocenters. The van der Waals surface area contributed by atoms with Crippen LogP contribution in [0.1, 0.15) is 29.8 Å². The molecule has 0 saturated carbocycles. The second-order valence-electron chi connectivity index (χ2n) is 5.16. The SMILES string of the molecule is COC(=O)C1CCN(C(=O)CCNC(=O)c2ccco2)CC1. The van der Waals surface area contributed by atoms with E-state index in [-0.39, 0.29) is 42.4 Å². The average molecular weight is 308 g/mol. The Balaban J connectivity index is 1.68. The lowest BCUT2D eigenvalue weighted by Gasteiger charge is -2.30. The van der Waals surface area contributed by atoms with E-state index in [0.717, 1.165) is 0 Å². The zero-order chi connectivity index (χ0) is 15.9. The van der Waals surface area contributed by atoms with Gasteiger partial charge in [-0.05, 0) is 25.0 Å². The Kier molecular flexibility index (Phi) is 5.57. The smallest absolute Gasteiger partial charge is 0.308 e. The van der Waals surface area contributed by atoms with E-state index in [2.05, 4.69) is 5.32 Å². The summed E-state index contributed by atoms with van der Waals surface area (Å²) in [7, 11) is 1.38. The predicted octanol–water partition coefficient (Wildman–Crippen LogP) is 0.811. The molecule has 0 atom stereocenters. The molecule has 0 radical (unpaired) electrons. The predicted molar refractivity (Wildman–Crippen MR) is 77.0 cm³/mol. The van der Waals surface area contributed by atoms with Crippen LogP contribution in [0.2, 0.25) is 0 Å². The van der Waals surface area contributed by atoms with Gasteiger partial charge in [0.15, 0.2) is 5.76 Å². The number of piperidine rings is 1. The van der Waals surface area contributed by atoms with E-state index < -0.39 is 0 Å². The van der Waals surface area contributed by atoms with Gasteiger partial charge in [0, 0.05) is 26.1 Å². The zero-order valence-corrected chi connectivity index (χ0v) is 12.5. The molecular formula is C15H20N2O5. The van der Waals surface area contributed by atoms with Gasteiger partial charge in [0.2, 0.25) is 5.91 Å². The normalized spacial score (nSPS) is 15.4. The Hall–Kier alpha value is -2.31. The largest absolute Gasteiger partial charge is 0.469 e. The molecule has 0 bridgehead atoms. The quantitative estimate of drug-likeness (QED) is 0.813. The third-order valence-corrected chi connectivity index (χ3v) is 3.75. The van der Waals surface area contributed by atoms with Crippen LogP contribution in [-0.4, -0.2) is 49.4 Å². The van der Waals surface area contributed by atoms with Gasteiger partial charge in [0.1, 0.15) is 0 Å². The highest BCUT2D eigenvalue weighted by Gasteiger charge is 2.27. The number of hydrogen-bond acceptors (Lipinski definition) is 5. The molecule has 7 heteroatoms. The number of hydrogen-bond donors (Lipinski definition) is 1. The average Bonchev–Trinajstić information content (AvgIpc) is 3.08. The number of esters is 1. The van der Waals surface area contributed by atoms with Crippen molar-refractivity contribution in [3.8, 4) is 0 Å².